The largest absolute Gasteiger partial charge is 0.495 e. The number of nitrogens with one attached hydrogen (secondary N) is 1. The molecule has 2 rings (SSSR count). The Balaban J connectivity index is 2.12. The fraction of sp³-hybridized carbons (Fsp3) is 0.286. The molecule has 0 radical (unpaired) electrons. The van der Waals surface area contributed by atoms with Gasteiger partial charge in [0, 0.05) is 10.7 Å². The molecule has 0 saturated heterocycles. The van der Waals surface area contributed by atoms with E-state index in [0.717, 1.165) is 0 Å². The highest BCUT2D eigenvalue weighted by Gasteiger charge is 2.16. The first-order valence-electron chi connectivity index (χ1n) is 6.36. The lowest BCUT2D eigenvalue weighted by atomic mass is 10.3. The highest BCUT2D eigenvalue weighted by molar-refractivity contribution is 6.31. The first-order valence-corrected chi connectivity index (χ1v) is 6.74. The molecular formula is C14H14ClF2N3O2. The van der Waals surface area contributed by atoms with Gasteiger partial charge in [0.25, 0.3) is 6.43 Å². The van der Waals surface area contributed by atoms with E-state index in [1.54, 1.807) is 25.1 Å². The molecule has 0 spiro atoms. The van der Waals surface area contributed by atoms with Gasteiger partial charge < -0.3 is 10.1 Å². The summed E-state index contributed by atoms with van der Waals surface area (Å²) in [5.74, 6) is 0.0239. The van der Waals surface area contributed by atoms with Crippen LogP contribution in [0.15, 0.2) is 24.3 Å². The Morgan fingerprint density at radius 3 is 2.77 bits per heavy atom. The quantitative estimate of drug-likeness (QED) is 0.914. The third kappa shape index (κ3) is 3.73. The summed E-state index contributed by atoms with van der Waals surface area (Å²) in [7, 11) is 1.46. The zero-order valence-corrected chi connectivity index (χ0v) is 12.7. The van der Waals surface area contributed by atoms with Crippen LogP contribution in [0.25, 0.3) is 0 Å². The molecule has 0 unspecified atom stereocenters. The highest BCUT2D eigenvalue weighted by atomic mass is 35.5. The number of hydrogen-bond acceptors (Lipinski definition) is 3. The Labute approximate surface area is 130 Å². The number of ether oxygens (including phenoxy) is 1. The van der Waals surface area contributed by atoms with Crippen molar-refractivity contribution >= 4 is 23.2 Å². The lowest BCUT2D eigenvalue weighted by molar-refractivity contribution is -0.117. The van der Waals surface area contributed by atoms with Crippen molar-refractivity contribution in [3.63, 3.8) is 0 Å². The lowest BCUT2D eigenvalue weighted by Crippen LogP contribution is -2.20. The van der Waals surface area contributed by atoms with Crippen LogP contribution in [0.5, 0.6) is 5.75 Å². The van der Waals surface area contributed by atoms with Crippen LogP contribution in [-0.4, -0.2) is 22.8 Å². The fourth-order valence-corrected chi connectivity index (χ4v) is 2.08. The summed E-state index contributed by atoms with van der Waals surface area (Å²) in [6, 6.07) is 6.03. The third-order valence-corrected chi connectivity index (χ3v) is 3.19. The maximum atomic E-state index is 12.6. The van der Waals surface area contributed by atoms with Gasteiger partial charge in [-0.15, -0.1) is 0 Å². The van der Waals surface area contributed by atoms with E-state index in [-0.39, 0.29) is 12.2 Å². The van der Waals surface area contributed by atoms with Crippen molar-refractivity contribution in [2.24, 2.45) is 0 Å². The van der Waals surface area contributed by atoms with Gasteiger partial charge in [-0.25, -0.2) is 8.78 Å². The topological polar surface area (TPSA) is 56.1 Å². The summed E-state index contributed by atoms with van der Waals surface area (Å²) >= 11 is 5.87. The minimum Gasteiger partial charge on any atom is -0.495 e. The van der Waals surface area contributed by atoms with Crippen molar-refractivity contribution in [2.75, 3.05) is 12.4 Å². The van der Waals surface area contributed by atoms with E-state index >= 15 is 0 Å². The highest BCUT2D eigenvalue weighted by Crippen LogP contribution is 2.27. The number of rotatable bonds is 5. The number of methoxy groups -OCH3 is 1. The normalized spacial score (nSPS) is 10.8. The smallest absolute Gasteiger partial charge is 0.282 e. The van der Waals surface area contributed by atoms with Crippen molar-refractivity contribution in [1.29, 1.82) is 0 Å². The Morgan fingerprint density at radius 2 is 2.18 bits per heavy atom. The van der Waals surface area contributed by atoms with Crippen LogP contribution < -0.4 is 10.1 Å². The van der Waals surface area contributed by atoms with E-state index in [1.807, 2.05) is 0 Å². The van der Waals surface area contributed by atoms with Gasteiger partial charge in [-0.3, -0.25) is 9.48 Å². The summed E-state index contributed by atoms with van der Waals surface area (Å²) in [4.78, 5) is 12.0. The van der Waals surface area contributed by atoms with Crippen molar-refractivity contribution in [1.82, 2.24) is 9.78 Å². The van der Waals surface area contributed by atoms with Crippen LogP contribution in [0.1, 0.15) is 17.8 Å². The predicted octanol–water partition coefficient (Wildman–Crippen LogP) is 3.43. The maximum Gasteiger partial charge on any atom is 0.282 e. The molecule has 22 heavy (non-hydrogen) atoms. The molecule has 1 heterocycles. The fourth-order valence-electron chi connectivity index (χ4n) is 1.91. The summed E-state index contributed by atoms with van der Waals surface area (Å²) in [5.41, 5.74) is 0.521. The van der Waals surface area contributed by atoms with Crippen LogP contribution >= 0.6 is 11.6 Å². The molecule has 0 aliphatic heterocycles. The first-order chi connectivity index (χ1) is 10.4. The van der Waals surface area contributed by atoms with Gasteiger partial charge in [-0.05, 0) is 31.2 Å². The molecule has 118 valence electrons. The number of anilines is 1. The van der Waals surface area contributed by atoms with Gasteiger partial charge in [-0.1, -0.05) is 11.6 Å². The van der Waals surface area contributed by atoms with Gasteiger partial charge in [0.15, 0.2) is 0 Å². The summed E-state index contributed by atoms with van der Waals surface area (Å²) in [6.45, 7) is 1.42. The zero-order valence-electron chi connectivity index (χ0n) is 11.9. The standard InChI is InChI=1S/C14H14ClF2N3O2/c1-8-5-11(14(16)17)19-20(8)7-13(21)18-10-6-9(15)3-4-12(10)22-2/h3-6,14H,7H2,1-2H3,(H,18,21). The van der Waals surface area contributed by atoms with Crippen LogP contribution in [0, 0.1) is 6.92 Å². The Morgan fingerprint density at radius 1 is 1.45 bits per heavy atom. The van der Waals surface area contributed by atoms with Crippen molar-refractivity contribution < 1.29 is 18.3 Å². The molecule has 0 saturated carbocycles. The molecule has 1 aromatic heterocycles. The van der Waals surface area contributed by atoms with Crippen LogP contribution in [0.2, 0.25) is 5.02 Å². The summed E-state index contributed by atoms with van der Waals surface area (Å²) in [6.07, 6.45) is -2.67. The molecule has 0 bridgehead atoms. The monoisotopic (exact) mass is 329 g/mol. The van der Waals surface area contributed by atoms with Gasteiger partial charge in [0.2, 0.25) is 5.91 Å². The molecule has 1 N–H and O–H groups in total. The number of aryl methyl sites for hydroxylation is 1. The van der Waals surface area contributed by atoms with E-state index in [4.69, 9.17) is 16.3 Å². The molecule has 0 aliphatic carbocycles. The number of alkyl halides is 2. The van der Waals surface area contributed by atoms with Crippen molar-refractivity contribution in [2.45, 2.75) is 19.9 Å². The number of carbonyl (C=O) groups is 1. The van der Waals surface area contributed by atoms with E-state index in [1.165, 1.54) is 17.9 Å². The van der Waals surface area contributed by atoms with Crippen molar-refractivity contribution in [3.8, 4) is 5.75 Å². The molecule has 1 amide bonds. The molecule has 5 nitrogen and oxygen atoms in total. The molecule has 0 aliphatic rings. The summed E-state index contributed by atoms with van der Waals surface area (Å²) < 4.78 is 31.5. The lowest BCUT2D eigenvalue weighted by Gasteiger charge is -2.11. The molecule has 8 heteroatoms. The molecule has 1 aromatic carbocycles. The molecule has 0 atom stereocenters. The number of nitrogens with zero attached hydrogens (tertiary/aromatic N) is 2. The predicted molar refractivity (Wildman–Crippen MR) is 78.6 cm³/mol. The Bertz CT molecular complexity index is 689. The number of benzene rings is 1. The number of carbonyl (C=O) groups excluding carboxylic acids is 1. The SMILES string of the molecule is COc1ccc(Cl)cc1NC(=O)Cn1nc(C(F)F)cc1C. The average molecular weight is 330 g/mol. The number of amides is 1. The van der Waals surface area contributed by atoms with E-state index in [9.17, 15) is 13.6 Å². The van der Waals surface area contributed by atoms with Gasteiger partial charge >= 0.3 is 0 Å². The van der Waals surface area contributed by atoms with E-state index in [0.29, 0.717) is 22.2 Å². The molecular weight excluding hydrogens is 316 g/mol. The van der Waals surface area contributed by atoms with Gasteiger partial charge in [0.05, 0.1) is 12.8 Å². The molecule has 2 aromatic rings. The van der Waals surface area contributed by atoms with Gasteiger partial charge in [0.1, 0.15) is 18.0 Å². The van der Waals surface area contributed by atoms with E-state index in [2.05, 4.69) is 10.4 Å². The van der Waals surface area contributed by atoms with Gasteiger partial charge in [-0.2, -0.15) is 5.10 Å². The third-order valence-electron chi connectivity index (χ3n) is 2.95. The van der Waals surface area contributed by atoms with Crippen LogP contribution in [0.4, 0.5) is 14.5 Å². The minimum absolute atomic E-state index is 0.186. The zero-order chi connectivity index (χ0) is 16.3. The van der Waals surface area contributed by atoms with Crippen molar-refractivity contribution in [3.05, 3.63) is 40.7 Å². The summed E-state index contributed by atoms with van der Waals surface area (Å²) in [5, 5.41) is 6.76. The number of hydrogen-bond donors (Lipinski definition) is 1. The van der Waals surface area contributed by atoms with Crippen LogP contribution in [0.3, 0.4) is 0 Å². The van der Waals surface area contributed by atoms with E-state index < -0.39 is 12.3 Å². The Kier molecular flexibility index (Phi) is 4.97. The maximum absolute atomic E-state index is 12.6. The van der Waals surface area contributed by atoms with Crippen LogP contribution in [-0.2, 0) is 11.3 Å². The number of aromatic nitrogens is 2. The second-order valence-electron chi connectivity index (χ2n) is 4.56. The Hall–Kier alpha value is -2.15. The second kappa shape index (κ2) is 6.74. The second-order valence-corrected chi connectivity index (χ2v) is 5.00. The molecule has 0 fully saturated rings. The number of halogens is 3. The first kappa shape index (κ1) is 16.2. The average Bonchev–Trinajstić information content (AvgIpc) is 2.80. The minimum atomic E-state index is -2.67.